The third kappa shape index (κ3) is 2.68. The van der Waals surface area contributed by atoms with Crippen LogP contribution in [-0.2, 0) is 6.54 Å². The number of carbonyl (C=O) groups excluding carboxylic acids is 1. The van der Waals surface area contributed by atoms with Gasteiger partial charge in [0.1, 0.15) is 11.6 Å². The standard InChI is InChI=1S/C14H14F2N2O2/c1-9(2)18-6-5-17(14(18)20)8-13(19)11-4-3-10(15)7-12(11)16/h3-7,9H,8H2,1-2H3. The topological polar surface area (TPSA) is 44.0 Å². The van der Waals surface area contributed by atoms with E-state index in [0.717, 1.165) is 12.1 Å². The fraction of sp³-hybridized carbons (Fsp3) is 0.286. The highest BCUT2D eigenvalue weighted by Gasteiger charge is 2.15. The van der Waals surface area contributed by atoms with Gasteiger partial charge in [0.25, 0.3) is 0 Å². The van der Waals surface area contributed by atoms with Crippen LogP contribution in [0.5, 0.6) is 0 Å². The Morgan fingerprint density at radius 2 is 1.95 bits per heavy atom. The van der Waals surface area contributed by atoms with Gasteiger partial charge in [-0.25, -0.2) is 13.6 Å². The molecule has 4 nitrogen and oxygen atoms in total. The number of rotatable bonds is 4. The maximum Gasteiger partial charge on any atom is 0.328 e. The Kier molecular flexibility index (Phi) is 3.83. The molecule has 2 aromatic rings. The number of hydrogen-bond donors (Lipinski definition) is 0. The number of aromatic nitrogens is 2. The van der Waals surface area contributed by atoms with E-state index in [9.17, 15) is 18.4 Å². The molecule has 1 heterocycles. The van der Waals surface area contributed by atoms with Crippen molar-refractivity contribution in [2.45, 2.75) is 26.4 Å². The van der Waals surface area contributed by atoms with Crippen LogP contribution in [0.25, 0.3) is 0 Å². The lowest BCUT2D eigenvalue weighted by atomic mass is 10.1. The van der Waals surface area contributed by atoms with Crippen LogP contribution in [0.3, 0.4) is 0 Å². The van der Waals surface area contributed by atoms with Crippen molar-refractivity contribution < 1.29 is 13.6 Å². The average molecular weight is 280 g/mol. The molecular weight excluding hydrogens is 266 g/mol. The van der Waals surface area contributed by atoms with Crippen LogP contribution >= 0.6 is 0 Å². The smallest absolute Gasteiger partial charge is 0.297 e. The molecule has 0 amide bonds. The Bertz CT molecular complexity index is 701. The third-order valence-corrected chi connectivity index (χ3v) is 2.98. The summed E-state index contributed by atoms with van der Waals surface area (Å²) in [6, 6.07) is 2.71. The summed E-state index contributed by atoms with van der Waals surface area (Å²) in [5.41, 5.74) is -0.563. The summed E-state index contributed by atoms with van der Waals surface area (Å²) in [7, 11) is 0. The zero-order valence-corrected chi connectivity index (χ0v) is 11.1. The number of nitrogens with zero attached hydrogens (tertiary/aromatic N) is 2. The van der Waals surface area contributed by atoms with Crippen molar-refractivity contribution in [3.63, 3.8) is 0 Å². The number of Topliss-reactive ketones (excluding diaryl/α,β-unsaturated/α-hetero) is 1. The minimum Gasteiger partial charge on any atom is -0.297 e. The van der Waals surface area contributed by atoms with E-state index in [1.807, 2.05) is 13.8 Å². The van der Waals surface area contributed by atoms with Crippen molar-refractivity contribution in [3.8, 4) is 0 Å². The van der Waals surface area contributed by atoms with Crippen molar-refractivity contribution in [3.05, 3.63) is 58.3 Å². The zero-order valence-electron chi connectivity index (χ0n) is 11.1. The number of imidazole rings is 1. The van der Waals surface area contributed by atoms with Crippen molar-refractivity contribution in [2.75, 3.05) is 0 Å². The highest BCUT2D eigenvalue weighted by molar-refractivity contribution is 5.96. The first kappa shape index (κ1) is 14.2. The van der Waals surface area contributed by atoms with Gasteiger partial charge in [-0.2, -0.15) is 0 Å². The lowest BCUT2D eigenvalue weighted by Crippen LogP contribution is -2.27. The Balaban J connectivity index is 2.26. The maximum atomic E-state index is 13.5. The van der Waals surface area contributed by atoms with Crippen molar-refractivity contribution in [2.24, 2.45) is 0 Å². The summed E-state index contributed by atoms with van der Waals surface area (Å²) < 4.78 is 28.9. The number of ketones is 1. The third-order valence-electron chi connectivity index (χ3n) is 2.98. The molecule has 2 rings (SSSR count). The predicted octanol–water partition coefficient (Wildman–Crippen LogP) is 2.39. The van der Waals surface area contributed by atoms with Gasteiger partial charge in [-0.3, -0.25) is 13.9 Å². The highest BCUT2D eigenvalue weighted by Crippen LogP contribution is 2.11. The van der Waals surface area contributed by atoms with Crippen molar-refractivity contribution in [1.82, 2.24) is 9.13 Å². The molecule has 6 heteroatoms. The summed E-state index contributed by atoms with van der Waals surface area (Å²) in [4.78, 5) is 23.9. The van der Waals surface area contributed by atoms with Crippen LogP contribution in [0.1, 0.15) is 30.2 Å². The molecule has 0 bridgehead atoms. The molecule has 0 unspecified atom stereocenters. The van der Waals surface area contributed by atoms with Gasteiger partial charge in [0.05, 0.1) is 12.1 Å². The van der Waals surface area contributed by atoms with E-state index in [4.69, 9.17) is 0 Å². The Morgan fingerprint density at radius 1 is 1.25 bits per heavy atom. The van der Waals surface area contributed by atoms with Crippen LogP contribution in [-0.4, -0.2) is 14.9 Å². The molecule has 0 atom stereocenters. The van der Waals surface area contributed by atoms with Crippen LogP contribution in [0.2, 0.25) is 0 Å². The largest absolute Gasteiger partial charge is 0.328 e. The first-order valence-electron chi connectivity index (χ1n) is 6.15. The lowest BCUT2D eigenvalue weighted by Gasteiger charge is -2.05. The highest BCUT2D eigenvalue weighted by atomic mass is 19.1. The minimum absolute atomic E-state index is 0.0265. The minimum atomic E-state index is -0.925. The second-order valence-corrected chi connectivity index (χ2v) is 4.76. The normalized spacial score (nSPS) is 11.1. The van der Waals surface area contributed by atoms with Gasteiger partial charge in [0.15, 0.2) is 5.78 Å². The van der Waals surface area contributed by atoms with E-state index >= 15 is 0 Å². The Hall–Kier alpha value is -2.24. The fourth-order valence-electron chi connectivity index (χ4n) is 1.90. The van der Waals surface area contributed by atoms with E-state index in [1.165, 1.54) is 15.3 Å². The van der Waals surface area contributed by atoms with Gasteiger partial charge in [0.2, 0.25) is 0 Å². The molecule has 0 saturated carbocycles. The van der Waals surface area contributed by atoms with E-state index in [0.29, 0.717) is 6.07 Å². The monoisotopic (exact) mass is 280 g/mol. The second-order valence-electron chi connectivity index (χ2n) is 4.76. The van der Waals surface area contributed by atoms with Gasteiger partial charge in [-0.05, 0) is 26.0 Å². The Labute approximate surface area is 114 Å². The first-order valence-corrected chi connectivity index (χ1v) is 6.15. The summed E-state index contributed by atoms with van der Waals surface area (Å²) in [5, 5.41) is 0. The molecule has 0 fully saturated rings. The number of carbonyl (C=O) groups is 1. The molecule has 20 heavy (non-hydrogen) atoms. The summed E-state index contributed by atoms with van der Waals surface area (Å²) >= 11 is 0. The van der Waals surface area contributed by atoms with Gasteiger partial charge in [-0.1, -0.05) is 0 Å². The molecule has 0 aliphatic rings. The van der Waals surface area contributed by atoms with Crippen LogP contribution in [0.15, 0.2) is 35.4 Å². The van der Waals surface area contributed by atoms with E-state index in [-0.39, 0.29) is 23.8 Å². The van der Waals surface area contributed by atoms with Crippen LogP contribution in [0, 0.1) is 11.6 Å². The predicted molar refractivity (Wildman–Crippen MR) is 69.8 cm³/mol. The quantitative estimate of drug-likeness (QED) is 0.807. The van der Waals surface area contributed by atoms with Crippen molar-refractivity contribution >= 4 is 5.78 Å². The molecule has 0 aliphatic carbocycles. The molecule has 0 saturated heterocycles. The zero-order chi connectivity index (χ0) is 14.9. The average Bonchev–Trinajstić information content (AvgIpc) is 2.70. The second kappa shape index (κ2) is 5.40. The molecule has 106 valence electrons. The molecular formula is C14H14F2N2O2. The number of benzene rings is 1. The summed E-state index contributed by atoms with van der Waals surface area (Å²) in [6.45, 7) is 3.40. The van der Waals surface area contributed by atoms with E-state index in [1.54, 1.807) is 6.20 Å². The molecule has 1 aromatic carbocycles. The van der Waals surface area contributed by atoms with Crippen LogP contribution in [0.4, 0.5) is 8.78 Å². The van der Waals surface area contributed by atoms with Gasteiger partial charge < -0.3 is 0 Å². The first-order chi connectivity index (χ1) is 9.40. The maximum absolute atomic E-state index is 13.5. The molecule has 0 aliphatic heterocycles. The molecule has 0 spiro atoms. The summed E-state index contributed by atoms with van der Waals surface area (Å²) in [6.07, 6.45) is 3.04. The van der Waals surface area contributed by atoms with Crippen molar-refractivity contribution in [1.29, 1.82) is 0 Å². The van der Waals surface area contributed by atoms with Gasteiger partial charge >= 0.3 is 5.69 Å². The van der Waals surface area contributed by atoms with E-state index < -0.39 is 17.4 Å². The number of hydrogen-bond acceptors (Lipinski definition) is 2. The molecule has 1 aromatic heterocycles. The lowest BCUT2D eigenvalue weighted by molar-refractivity contribution is 0.0966. The van der Waals surface area contributed by atoms with Gasteiger partial charge in [0, 0.05) is 24.5 Å². The Morgan fingerprint density at radius 3 is 2.50 bits per heavy atom. The van der Waals surface area contributed by atoms with E-state index in [2.05, 4.69) is 0 Å². The van der Waals surface area contributed by atoms with Gasteiger partial charge in [-0.15, -0.1) is 0 Å². The SMILES string of the molecule is CC(C)n1ccn(CC(=O)c2ccc(F)cc2F)c1=O. The molecule has 0 radical (unpaired) electrons. The van der Waals surface area contributed by atoms with Crippen LogP contribution < -0.4 is 5.69 Å². The molecule has 0 N–H and O–H groups in total. The summed E-state index contributed by atoms with van der Waals surface area (Å²) in [5.74, 6) is -2.25. The number of halogens is 2. The fourth-order valence-corrected chi connectivity index (χ4v) is 1.90.